The minimum absolute atomic E-state index is 0.0223. The number of phenols is 4. The van der Waals surface area contributed by atoms with E-state index in [1.807, 2.05) is 6.92 Å². The molecule has 25 heteroatoms. The molecule has 25 nitrogen and oxygen atoms in total. The van der Waals surface area contributed by atoms with Crippen molar-refractivity contribution in [3.05, 3.63) is 176 Å². The van der Waals surface area contributed by atoms with Gasteiger partial charge in [-0.05, 0) is 197 Å². The molecule has 6 aromatic carbocycles. The molecule has 4 aliphatic carbocycles. The van der Waals surface area contributed by atoms with Crippen LogP contribution >= 0.6 is 0 Å². The highest BCUT2D eigenvalue weighted by Crippen LogP contribution is 2.70. The monoisotopic (exact) mass is 1480 g/mol. The Morgan fingerprint density at radius 1 is 0.583 bits per heavy atom. The van der Waals surface area contributed by atoms with Gasteiger partial charge in [0.2, 0.25) is 0 Å². The predicted molar refractivity (Wildman–Crippen MR) is 382 cm³/mol. The van der Waals surface area contributed by atoms with Crippen molar-refractivity contribution in [2.24, 2.45) is 44.8 Å². The number of ether oxygens (including phenoxy) is 11. The van der Waals surface area contributed by atoms with E-state index in [9.17, 15) is 50.1 Å². The molecular weight excluding hydrogens is 1390 g/mol. The van der Waals surface area contributed by atoms with Gasteiger partial charge in [-0.2, -0.15) is 0 Å². The average Bonchev–Trinajstić information content (AvgIpc) is 1.48. The summed E-state index contributed by atoms with van der Waals surface area (Å²) in [6, 6.07) is 28.4. The zero-order valence-electron chi connectivity index (χ0n) is 60.4. The van der Waals surface area contributed by atoms with Crippen LogP contribution in [0.2, 0.25) is 0 Å². The standard InChI is InChI=1S/C83H88N2O23/c1-42(38-85-98-40-46-7-14-55-64(29-46)83(108-78(55)94)61-18-11-51(88)34-69(61)104-70-35-52(89)12-19-62(70)83)99-72(23-27-84-97-39-45-6-13-54-63(28-45)82(107-77(54)93)59-16-9-49(86)32-67(59)103-68-33-50(87)10-17-60(68)82)105-75-43(2)101-74(37-66(75)91)106-76-44(3)100-73(36-65(76)90)102-53-20-24-79(4)48(31-53)8-15-58-57(79)21-25-80(5)56(22-26-81(58,80)95)47-30-71(92)96-41-47/h6-7,9-14,16-19,27-30,32-35,38,42-44,48,53,56-58,65-66,72-76,86-91,95H,8,15,20-26,31,36-37,39-41H2,1-5H3/b84-27+,85-38+/t42-,43-,44-,48-,53+,56-,57+,58-,65+,66+,72+,73+,74+,75-,76-,79+,80-,81+/m1/s1. The fourth-order valence-electron chi connectivity index (χ4n) is 20.3. The van der Waals surface area contributed by atoms with Crippen LogP contribution in [0, 0.1) is 34.5 Å². The third-order valence-corrected chi connectivity index (χ3v) is 25.5. The van der Waals surface area contributed by atoms with Gasteiger partial charge in [-0.25, -0.2) is 14.4 Å². The number of carbonyl (C=O) groups is 3. The van der Waals surface area contributed by atoms with Gasteiger partial charge in [-0.3, -0.25) is 0 Å². The maximum absolute atomic E-state index is 13.7. The molecule has 568 valence electrons. The average molecular weight is 1480 g/mol. The number of phenolic OH excluding ortho intramolecular Hbond substituents is 4. The second kappa shape index (κ2) is 27.5. The van der Waals surface area contributed by atoms with E-state index >= 15 is 0 Å². The highest BCUT2D eigenvalue weighted by Gasteiger charge is 2.68. The number of benzene rings is 6. The Balaban J connectivity index is 0.545. The zero-order chi connectivity index (χ0) is 74.9. The molecule has 7 N–H and O–H groups in total. The molecule has 0 radical (unpaired) electrons. The van der Waals surface area contributed by atoms with Gasteiger partial charge in [0.15, 0.2) is 30.1 Å². The molecule has 2 saturated heterocycles. The van der Waals surface area contributed by atoms with Crippen LogP contribution in [-0.4, -0.2) is 146 Å². The number of hydrogen-bond donors (Lipinski definition) is 7. The highest BCUT2D eigenvalue weighted by atomic mass is 16.7. The molecule has 4 saturated carbocycles. The van der Waals surface area contributed by atoms with E-state index in [0.29, 0.717) is 74.1 Å². The summed E-state index contributed by atoms with van der Waals surface area (Å²) < 4.78 is 69.3. The second-order valence-electron chi connectivity index (χ2n) is 31.6. The first-order chi connectivity index (χ1) is 51.9. The Bertz CT molecular complexity index is 4530. The van der Waals surface area contributed by atoms with E-state index in [1.165, 1.54) is 61.0 Å². The fraction of sp³-hybridized carbons (Fsp3) is 0.482. The molecule has 0 unspecified atom stereocenters. The third kappa shape index (κ3) is 12.1. The van der Waals surface area contributed by atoms with Gasteiger partial charge in [0.1, 0.15) is 78.0 Å². The summed E-state index contributed by atoms with van der Waals surface area (Å²) in [5.41, 5.74) is 1.66. The van der Waals surface area contributed by atoms with E-state index in [2.05, 4.69) is 24.2 Å². The number of aliphatic hydroxyl groups excluding tert-OH is 2. The topological polar surface area (TPSA) is 338 Å². The molecule has 0 amide bonds. The van der Waals surface area contributed by atoms with Crippen LogP contribution in [0.1, 0.15) is 177 Å². The number of aliphatic hydroxyl groups is 3. The molecule has 2 spiro atoms. The predicted octanol–water partition coefficient (Wildman–Crippen LogP) is 11.9. The lowest BCUT2D eigenvalue weighted by Crippen LogP contribution is -2.62. The molecule has 18 atom stereocenters. The summed E-state index contributed by atoms with van der Waals surface area (Å²) in [4.78, 5) is 51.2. The Morgan fingerprint density at radius 2 is 1.12 bits per heavy atom. The maximum Gasteiger partial charge on any atom is 0.340 e. The van der Waals surface area contributed by atoms with E-state index in [0.717, 1.165) is 63.4 Å². The summed E-state index contributed by atoms with van der Waals surface area (Å²) in [5, 5.41) is 86.9. The van der Waals surface area contributed by atoms with E-state index < -0.39 is 90.3 Å². The van der Waals surface area contributed by atoms with Crippen molar-refractivity contribution in [3.8, 4) is 46.0 Å². The minimum Gasteiger partial charge on any atom is -0.508 e. The van der Waals surface area contributed by atoms with Crippen molar-refractivity contribution in [3.63, 3.8) is 0 Å². The number of oxime groups is 2. The van der Waals surface area contributed by atoms with Gasteiger partial charge in [0.05, 0.1) is 59.6 Å². The number of carbonyl (C=O) groups excluding carboxylic acids is 3. The van der Waals surface area contributed by atoms with Gasteiger partial charge in [0, 0.05) is 94.6 Å². The number of cyclic esters (lactones) is 1. The molecule has 11 aliphatic rings. The normalized spacial score (nSPS) is 32.6. The first-order valence-electron chi connectivity index (χ1n) is 37.5. The molecule has 7 aliphatic heterocycles. The number of hydrogen-bond acceptors (Lipinski definition) is 25. The quantitative estimate of drug-likeness (QED) is 0.0105. The van der Waals surface area contributed by atoms with Crippen LogP contribution in [0.4, 0.5) is 0 Å². The van der Waals surface area contributed by atoms with Crippen LogP contribution < -0.4 is 9.47 Å². The summed E-state index contributed by atoms with van der Waals surface area (Å²) in [5.74, 6) is 0.328. The highest BCUT2D eigenvalue weighted by molar-refractivity contribution is 5.98. The van der Waals surface area contributed by atoms with Crippen LogP contribution in [0.25, 0.3) is 0 Å². The van der Waals surface area contributed by atoms with Crippen molar-refractivity contribution in [1.82, 2.24) is 0 Å². The van der Waals surface area contributed by atoms with Gasteiger partial charge in [-0.1, -0.05) is 36.3 Å². The van der Waals surface area contributed by atoms with Crippen molar-refractivity contribution >= 4 is 30.3 Å². The van der Waals surface area contributed by atoms with Crippen molar-refractivity contribution in [2.45, 2.75) is 209 Å². The molecule has 0 bridgehead atoms. The molecule has 6 fully saturated rings. The fourth-order valence-corrected chi connectivity index (χ4v) is 20.3. The number of nitrogens with zero attached hydrogens (tertiary/aromatic N) is 2. The summed E-state index contributed by atoms with van der Waals surface area (Å²) in [6.45, 7) is 10.2. The number of aromatic hydroxyl groups is 4. The van der Waals surface area contributed by atoms with Gasteiger partial charge >= 0.3 is 17.9 Å². The molecule has 108 heavy (non-hydrogen) atoms. The molecule has 0 aromatic heterocycles. The lowest BCUT2D eigenvalue weighted by Gasteiger charge is -2.64. The summed E-state index contributed by atoms with van der Waals surface area (Å²) >= 11 is 0. The lowest BCUT2D eigenvalue weighted by molar-refractivity contribution is -0.328. The SMILES string of the molecule is C[C@H](/C=N/OCc1ccc2c(c1)C1(OC2=O)c2ccc(O)cc2Oc2cc(O)ccc21)O[C@H](C/C=N/OCc1ccc2c(c1)C1(OC2=O)c2ccc(O)cc2Oc2cc(O)ccc21)O[C@H]1[C@@H](O)C[C@H](O[C@H]2[C@@H](O)C[C@H](O[C@H]3CC[C@@]4(C)[C@H](CC[C@@H]5[C@@H]4CC[C@]4(C)[C@@H](C6=CC(=O)OC6)CC[C@]54O)C3)O[C@@H]2C)O[C@@H]1C. The zero-order valence-corrected chi connectivity index (χ0v) is 60.4. The van der Waals surface area contributed by atoms with E-state index in [-0.39, 0.29) is 113 Å². The van der Waals surface area contributed by atoms with Crippen LogP contribution in [-0.2, 0) is 81.5 Å². The van der Waals surface area contributed by atoms with Crippen molar-refractivity contribution < 1.29 is 112 Å². The molecule has 17 rings (SSSR count). The van der Waals surface area contributed by atoms with Gasteiger partial charge in [0.25, 0.3) is 0 Å². The Morgan fingerprint density at radius 3 is 1.66 bits per heavy atom. The maximum atomic E-state index is 13.7. The van der Waals surface area contributed by atoms with E-state index in [1.54, 1.807) is 80.6 Å². The Labute approximate surface area is 622 Å². The Kier molecular flexibility index (Phi) is 18.2. The minimum atomic E-state index is -1.50. The first kappa shape index (κ1) is 71.8. The van der Waals surface area contributed by atoms with Crippen LogP contribution in [0.5, 0.6) is 46.0 Å². The summed E-state index contributed by atoms with van der Waals surface area (Å²) in [7, 11) is 0. The van der Waals surface area contributed by atoms with Gasteiger partial charge < -0.3 is 97.5 Å². The van der Waals surface area contributed by atoms with E-state index in [4.69, 9.17) is 61.8 Å². The number of rotatable bonds is 18. The van der Waals surface area contributed by atoms with Crippen molar-refractivity contribution in [2.75, 3.05) is 6.61 Å². The summed E-state index contributed by atoms with van der Waals surface area (Å²) in [6.07, 6.45) is 3.93. The van der Waals surface area contributed by atoms with Crippen LogP contribution in [0.3, 0.4) is 0 Å². The molecular formula is C83H88N2O23. The van der Waals surface area contributed by atoms with Crippen molar-refractivity contribution in [1.29, 1.82) is 0 Å². The lowest BCUT2D eigenvalue weighted by atomic mass is 9.43. The largest absolute Gasteiger partial charge is 0.508 e. The van der Waals surface area contributed by atoms with Gasteiger partial charge in [-0.15, -0.1) is 0 Å². The second-order valence-corrected chi connectivity index (χ2v) is 31.6. The smallest absolute Gasteiger partial charge is 0.340 e. The molecule has 7 heterocycles. The third-order valence-electron chi connectivity index (χ3n) is 25.5. The number of fused-ring (bicyclic) bond motifs is 17. The van der Waals surface area contributed by atoms with Crippen LogP contribution in [0.15, 0.2) is 131 Å². The molecule has 6 aromatic rings. The number of esters is 3. The first-order valence-corrected chi connectivity index (χ1v) is 37.5. The Hall–Kier alpha value is -9.15.